The number of hydrogen-bond donors (Lipinski definition) is 2. The van der Waals surface area contributed by atoms with Gasteiger partial charge < -0.3 is 10.1 Å². The Morgan fingerprint density at radius 3 is 2.94 bits per heavy atom. The maximum atomic E-state index is 4.99. The van der Waals surface area contributed by atoms with Crippen molar-refractivity contribution in [2.24, 2.45) is 0 Å². The fraction of sp³-hybridized carbons (Fsp3) is 0.417. The summed E-state index contributed by atoms with van der Waals surface area (Å²) in [5.41, 5.74) is 3.73. The van der Waals surface area contributed by atoms with E-state index < -0.39 is 0 Å². The van der Waals surface area contributed by atoms with Gasteiger partial charge in [0.15, 0.2) is 0 Å². The summed E-state index contributed by atoms with van der Waals surface area (Å²) in [5.74, 6) is 0. The summed E-state index contributed by atoms with van der Waals surface area (Å²) < 4.78 is 4.99. The van der Waals surface area contributed by atoms with Crippen molar-refractivity contribution in [2.75, 3.05) is 20.3 Å². The minimum Gasteiger partial charge on any atom is -0.383 e. The van der Waals surface area contributed by atoms with Crippen molar-refractivity contribution < 1.29 is 4.74 Å². The molecular formula is C12H17N5O. The number of rotatable bonds is 6. The fourth-order valence-electron chi connectivity index (χ4n) is 1.70. The first-order valence-corrected chi connectivity index (χ1v) is 5.83. The zero-order chi connectivity index (χ0) is 12.8. The molecule has 96 valence electrons. The van der Waals surface area contributed by atoms with Crippen LogP contribution in [0.5, 0.6) is 0 Å². The summed E-state index contributed by atoms with van der Waals surface area (Å²) in [5, 5.41) is 10.3. The molecular weight excluding hydrogens is 230 g/mol. The van der Waals surface area contributed by atoms with Crippen molar-refractivity contribution in [1.82, 2.24) is 25.5 Å². The molecule has 6 nitrogen and oxygen atoms in total. The molecule has 0 amide bonds. The maximum absolute atomic E-state index is 4.99. The van der Waals surface area contributed by atoms with Crippen LogP contribution in [0.2, 0.25) is 0 Å². The third-order valence-corrected chi connectivity index (χ3v) is 2.63. The topological polar surface area (TPSA) is 75.7 Å². The van der Waals surface area contributed by atoms with Crippen molar-refractivity contribution in [3.63, 3.8) is 0 Å². The van der Waals surface area contributed by atoms with Crippen LogP contribution >= 0.6 is 0 Å². The predicted octanol–water partition coefficient (Wildman–Crippen LogP) is 0.911. The second-order valence-electron chi connectivity index (χ2n) is 3.93. The van der Waals surface area contributed by atoms with E-state index >= 15 is 0 Å². The lowest BCUT2D eigenvalue weighted by Crippen LogP contribution is -2.18. The van der Waals surface area contributed by atoms with Gasteiger partial charge in [-0.15, -0.1) is 0 Å². The molecule has 0 atom stereocenters. The van der Waals surface area contributed by atoms with Crippen molar-refractivity contribution in [2.45, 2.75) is 13.5 Å². The average molecular weight is 247 g/mol. The van der Waals surface area contributed by atoms with E-state index in [9.17, 15) is 0 Å². The number of nitrogens with one attached hydrogen (secondary N) is 2. The van der Waals surface area contributed by atoms with Crippen LogP contribution in [0, 0.1) is 6.92 Å². The van der Waals surface area contributed by atoms with Gasteiger partial charge in [0, 0.05) is 38.2 Å². The quantitative estimate of drug-likeness (QED) is 0.742. The minimum absolute atomic E-state index is 0.692. The summed E-state index contributed by atoms with van der Waals surface area (Å²) in [4.78, 5) is 8.57. The van der Waals surface area contributed by atoms with Gasteiger partial charge in [-0.3, -0.25) is 15.1 Å². The lowest BCUT2D eigenvalue weighted by Gasteiger charge is -2.06. The van der Waals surface area contributed by atoms with Crippen LogP contribution in [0.4, 0.5) is 0 Å². The predicted molar refractivity (Wildman–Crippen MR) is 67.9 cm³/mol. The third kappa shape index (κ3) is 2.91. The normalized spacial score (nSPS) is 10.8. The second-order valence-corrected chi connectivity index (χ2v) is 3.93. The van der Waals surface area contributed by atoms with E-state index in [2.05, 4.69) is 25.5 Å². The lowest BCUT2D eigenvalue weighted by molar-refractivity contribution is 0.199. The van der Waals surface area contributed by atoms with E-state index in [0.29, 0.717) is 6.61 Å². The Morgan fingerprint density at radius 1 is 1.33 bits per heavy atom. The number of aryl methyl sites for hydroxylation is 1. The Bertz CT molecular complexity index is 497. The van der Waals surface area contributed by atoms with E-state index in [1.54, 1.807) is 19.5 Å². The summed E-state index contributed by atoms with van der Waals surface area (Å²) in [6, 6.07) is 0. The monoisotopic (exact) mass is 247 g/mol. The highest BCUT2D eigenvalue weighted by atomic mass is 16.5. The Morgan fingerprint density at radius 2 is 2.17 bits per heavy atom. The number of H-pyrrole nitrogens is 1. The van der Waals surface area contributed by atoms with Crippen LogP contribution in [-0.2, 0) is 11.3 Å². The van der Waals surface area contributed by atoms with Crippen LogP contribution in [0.25, 0.3) is 11.4 Å². The molecule has 0 fully saturated rings. The number of hydrogen-bond acceptors (Lipinski definition) is 5. The molecule has 0 bridgehead atoms. The van der Waals surface area contributed by atoms with Crippen LogP contribution in [-0.4, -0.2) is 40.4 Å². The molecule has 6 heteroatoms. The molecule has 0 saturated heterocycles. The van der Waals surface area contributed by atoms with Gasteiger partial charge in [-0.2, -0.15) is 5.10 Å². The van der Waals surface area contributed by atoms with E-state index in [-0.39, 0.29) is 0 Å². The number of aromatic amines is 1. The smallest absolute Gasteiger partial charge is 0.110 e. The highest BCUT2D eigenvalue weighted by molar-refractivity contribution is 5.60. The maximum Gasteiger partial charge on any atom is 0.110 e. The molecule has 0 radical (unpaired) electrons. The Labute approximate surface area is 106 Å². The van der Waals surface area contributed by atoms with Gasteiger partial charge in [-0.05, 0) is 6.92 Å². The summed E-state index contributed by atoms with van der Waals surface area (Å²) in [7, 11) is 1.69. The molecule has 2 rings (SSSR count). The molecule has 0 unspecified atom stereocenters. The molecule has 0 aromatic carbocycles. The zero-order valence-corrected chi connectivity index (χ0v) is 10.6. The molecule has 0 aliphatic carbocycles. The van der Waals surface area contributed by atoms with Crippen molar-refractivity contribution in [1.29, 1.82) is 0 Å². The van der Waals surface area contributed by atoms with Gasteiger partial charge in [0.2, 0.25) is 0 Å². The largest absolute Gasteiger partial charge is 0.383 e. The van der Waals surface area contributed by atoms with Gasteiger partial charge >= 0.3 is 0 Å². The van der Waals surface area contributed by atoms with Gasteiger partial charge in [0.1, 0.15) is 5.69 Å². The van der Waals surface area contributed by atoms with E-state index in [1.807, 2.05) is 13.1 Å². The number of aromatic nitrogens is 4. The third-order valence-electron chi connectivity index (χ3n) is 2.63. The summed E-state index contributed by atoms with van der Waals surface area (Å²) >= 11 is 0. The second kappa shape index (κ2) is 6.23. The summed E-state index contributed by atoms with van der Waals surface area (Å²) in [6.45, 7) is 4.16. The molecule has 2 heterocycles. The van der Waals surface area contributed by atoms with Crippen molar-refractivity contribution >= 4 is 0 Å². The first-order chi connectivity index (χ1) is 8.83. The Kier molecular flexibility index (Phi) is 4.38. The van der Waals surface area contributed by atoms with Gasteiger partial charge in [-0.1, -0.05) is 0 Å². The van der Waals surface area contributed by atoms with Crippen LogP contribution in [0.3, 0.4) is 0 Å². The molecule has 0 spiro atoms. The van der Waals surface area contributed by atoms with E-state index in [0.717, 1.165) is 35.7 Å². The summed E-state index contributed by atoms with van der Waals surface area (Å²) in [6.07, 6.45) is 5.18. The molecule has 18 heavy (non-hydrogen) atoms. The van der Waals surface area contributed by atoms with Gasteiger partial charge in [0.25, 0.3) is 0 Å². The lowest BCUT2D eigenvalue weighted by atomic mass is 10.1. The number of methoxy groups -OCH3 is 1. The van der Waals surface area contributed by atoms with Gasteiger partial charge in [-0.25, -0.2) is 0 Å². The molecule has 0 aliphatic rings. The van der Waals surface area contributed by atoms with Crippen LogP contribution in [0.15, 0.2) is 18.6 Å². The highest BCUT2D eigenvalue weighted by Gasteiger charge is 2.11. The number of nitrogens with zero attached hydrogens (tertiary/aromatic N) is 3. The first-order valence-electron chi connectivity index (χ1n) is 5.83. The van der Waals surface area contributed by atoms with E-state index in [4.69, 9.17) is 4.74 Å². The van der Waals surface area contributed by atoms with E-state index in [1.165, 1.54) is 0 Å². The molecule has 2 N–H and O–H groups in total. The van der Waals surface area contributed by atoms with Crippen LogP contribution < -0.4 is 5.32 Å². The SMILES string of the molecule is COCCNCc1cn[nH]c1-c1nccnc1C. The standard InChI is InChI=1S/C12H17N5O/c1-9-11(15-4-3-14-9)12-10(8-16-17-12)7-13-5-6-18-2/h3-4,8,13H,5-7H2,1-2H3,(H,16,17). The van der Waals surface area contributed by atoms with Crippen molar-refractivity contribution in [3.05, 3.63) is 29.8 Å². The Hall–Kier alpha value is -1.79. The van der Waals surface area contributed by atoms with Gasteiger partial charge in [0.05, 0.1) is 24.2 Å². The fourth-order valence-corrected chi connectivity index (χ4v) is 1.70. The molecule has 2 aromatic heterocycles. The first kappa shape index (κ1) is 12.7. The Balaban J connectivity index is 2.10. The average Bonchev–Trinajstić information content (AvgIpc) is 2.83. The highest BCUT2D eigenvalue weighted by Crippen LogP contribution is 2.20. The van der Waals surface area contributed by atoms with Crippen LogP contribution in [0.1, 0.15) is 11.3 Å². The minimum atomic E-state index is 0.692. The number of ether oxygens (including phenoxy) is 1. The van der Waals surface area contributed by atoms with Crippen molar-refractivity contribution in [3.8, 4) is 11.4 Å². The molecule has 0 saturated carbocycles. The molecule has 2 aromatic rings. The molecule has 0 aliphatic heterocycles. The zero-order valence-electron chi connectivity index (χ0n) is 10.6.